The number of aromatic nitrogens is 2. The van der Waals surface area contributed by atoms with E-state index in [1.807, 2.05) is 19.1 Å². The van der Waals surface area contributed by atoms with Crippen LogP contribution in [0.4, 0.5) is 5.82 Å². The van der Waals surface area contributed by atoms with E-state index in [0.29, 0.717) is 17.4 Å². The number of hydrogen-bond acceptors (Lipinski definition) is 3. The van der Waals surface area contributed by atoms with E-state index in [0.717, 1.165) is 11.5 Å². The van der Waals surface area contributed by atoms with Crippen molar-refractivity contribution in [3.8, 4) is 0 Å². The van der Waals surface area contributed by atoms with Gasteiger partial charge in [0.25, 0.3) is 0 Å². The summed E-state index contributed by atoms with van der Waals surface area (Å²) in [7, 11) is 0. The maximum absolute atomic E-state index is 5.76. The minimum Gasteiger partial charge on any atom is -0.464 e. The summed E-state index contributed by atoms with van der Waals surface area (Å²) < 4.78 is 6.99. The minimum absolute atomic E-state index is 0.459. The molecule has 4 nitrogen and oxygen atoms in total. The van der Waals surface area contributed by atoms with Gasteiger partial charge in [-0.3, -0.25) is 0 Å². The van der Waals surface area contributed by atoms with Crippen LogP contribution < -0.4 is 5.73 Å². The van der Waals surface area contributed by atoms with Gasteiger partial charge in [0.1, 0.15) is 28.9 Å². The third-order valence-electron chi connectivity index (χ3n) is 1.93. The third-order valence-corrected chi connectivity index (χ3v) is 2.23. The van der Waals surface area contributed by atoms with E-state index < -0.39 is 0 Å². The first-order valence-electron chi connectivity index (χ1n) is 4.19. The van der Waals surface area contributed by atoms with Crippen LogP contribution in [0, 0.1) is 6.92 Å². The monoisotopic (exact) mass is 211 g/mol. The smallest absolute Gasteiger partial charge is 0.141 e. The predicted octanol–water partition coefficient (Wildman–Crippen LogP) is 2.07. The summed E-state index contributed by atoms with van der Waals surface area (Å²) in [6.07, 6.45) is 1.52. The molecule has 0 atom stereocenters. The predicted molar refractivity (Wildman–Crippen MR) is 54.2 cm³/mol. The summed E-state index contributed by atoms with van der Waals surface area (Å²) in [5.74, 6) is 2.14. The highest BCUT2D eigenvalue weighted by molar-refractivity contribution is 6.32. The number of nitrogens with zero attached hydrogens (tertiary/aromatic N) is 2. The fraction of sp³-hybridized carbons (Fsp3) is 0.222. The fourth-order valence-corrected chi connectivity index (χ4v) is 1.36. The molecule has 0 saturated carbocycles. The highest BCUT2D eigenvalue weighted by atomic mass is 35.5. The molecule has 74 valence electrons. The van der Waals surface area contributed by atoms with Crippen LogP contribution in [0.25, 0.3) is 0 Å². The van der Waals surface area contributed by atoms with Crippen molar-refractivity contribution in [1.29, 1.82) is 0 Å². The van der Waals surface area contributed by atoms with Gasteiger partial charge < -0.3 is 10.2 Å². The Kier molecular flexibility index (Phi) is 2.21. The maximum Gasteiger partial charge on any atom is 0.141 e. The molecule has 0 radical (unpaired) electrons. The molecule has 2 aromatic heterocycles. The van der Waals surface area contributed by atoms with E-state index >= 15 is 0 Å². The van der Waals surface area contributed by atoms with Crippen LogP contribution in [0.5, 0.6) is 0 Å². The van der Waals surface area contributed by atoms with Crippen LogP contribution >= 0.6 is 11.6 Å². The molecular weight excluding hydrogens is 202 g/mol. The molecule has 0 amide bonds. The summed E-state index contributed by atoms with van der Waals surface area (Å²) in [6, 6.07) is 3.79. The Balaban J connectivity index is 2.22. The molecule has 0 spiro atoms. The fourth-order valence-electron chi connectivity index (χ4n) is 1.22. The first kappa shape index (κ1) is 9.15. The molecule has 0 aromatic carbocycles. The number of furan rings is 1. The molecule has 14 heavy (non-hydrogen) atoms. The number of rotatable bonds is 2. The van der Waals surface area contributed by atoms with Crippen LogP contribution in [-0.4, -0.2) is 9.78 Å². The number of nitrogens with two attached hydrogens (primary N) is 1. The van der Waals surface area contributed by atoms with Gasteiger partial charge in [0.15, 0.2) is 0 Å². The molecule has 0 aliphatic carbocycles. The summed E-state index contributed by atoms with van der Waals surface area (Å²) in [4.78, 5) is 0. The number of aryl methyl sites for hydroxylation is 1. The van der Waals surface area contributed by atoms with E-state index in [4.69, 9.17) is 21.8 Å². The van der Waals surface area contributed by atoms with Crippen molar-refractivity contribution < 1.29 is 4.42 Å². The summed E-state index contributed by atoms with van der Waals surface area (Å²) in [5.41, 5.74) is 5.68. The highest BCUT2D eigenvalue weighted by Crippen LogP contribution is 2.18. The van der Waals surface area contributed by atoms with Crippen LogP contribution in [0.2, 0.25) is 5.02 Å². The second kappa shape index (κ2) is 3.38. The molecule has 0 fully saturated rings. The zero-order valence-electron chi connectivity index (χ0n) is 7.70. The van der Waals surface area contributed by atoms with Crippen molar-refractivity contribution in [1.82, 2.24) is 9.78 Å². The summed E-state index contributed by atoms with van der Waals surface area (Å²) in [6.45, 7) is 2.40. The lowest BCUT2D eigenvalue weighted by atomic mass is 10.4. The van der Waals surface area contributed by atoms with E-state index in [1.165, 1.54) is 6.20 Å². The zero-order valence-corrected chi connectivity index (χ0v) is 8.45. The Morgan fingerprint density at radius 2 is 2.36 bits per heavy atom. The largest absolute Gasteiger partial charge is 0.464 e. The lowest BCUT2D eigenvalue weighted by Crippen LogP contribution is -2.04. The number of nitrogen functional groups attached to an aromatic ring is 1. The van der Waals surface area contributed by atoms with E-state index in [1.54, 1.807) is 4.68 Å². The standard InChI is InChI=1S/C9H10ClN3O/c1-6-2-3-7(14-6)5-13-9(11)8(10)4-12-13/h2-4H,5,11H2,1H3. The molecular formula is C9H10ClN3O. The Morgan fingerprint density at radius 3 is 2.86 bits per heavy atom. The number of halogens is 1. The van der Waals surface area contributed by atoms with Crippen molar-refractivity contribution in [3.63, 3.8) is 0 Å². The summed E-state index contributed by atoms with van der Waals surface area (Å²) in [5, 5.41) is 4.49. The molecule has 5 heteroatoms. The molecule has 2 rings (SSSR count). The molecule has 2 aromatic rings. The third kappa shape index (κ3) is 1.61. The van der Waals surface area contributed by atoms with Crippen molar-refractivity contribution in [3.05, 3.63) is 34.9 Å². The Hall–Kier alpha value is -1.42. The Labute approximate surface area is 86.3 Å². The van der Waals surface area contributed by atoms with Crippen molar-refractivity contribution >= 4 is 17.4 Å². The number of anilines is 1. The van der Waals surface area contributed by atoms with E-state index in [-0.39, 0.29) is 0 Å². The zero-order chi connectivity index (χ0) is 10.1. The van der Waals surface area contributed by atoms with Gasteiger partial charge in [-0.25, -0.2) is 4.68 Å². The van der Waals surface area contributed by atoms with E-state index in [9.17, 15) is 0 Å². The second-order valence-corrected chi connectivity index (χ2v) is 3.45. The second-order valence-electron chi connectivity index (χ2n) is 3.05. The lowest BCUT2D eigenvalue weighted by molar-refractivity contribution is 0.461. The minimum atomic E-state index is 0.459. The van der Waals surface area contributed by atoms with Crippen LogP contribution in [-0.2, 0) is 6.54 Å². The van der Waals surface area contributed by atoms with Gasteiger partial charge in [-0.2, -0.15) is 5.10 Å². The maximum atomic E-state index is 5.76. The first-order valence-corrected chi connectivity index (χ1v) is 4.56. The van der Waals surface area contributed by atoms with Gasteiger partial charge in [0.2, 0.25) is 0 Å². The average Bonchev–Trinajstić information content (AvgIpc) is 2.67. The van der Waals surface area contributed by atoms with Crippen molar-refractivity contribution in [2.75, 3.05) is 5.73 Å². The molecule has 0 bridgehead atoms. The van der Waals surface area contributed by atoms with Crippen LogP contribution in [0.3, 0.4) is 0 Å². The van der Waals surface area contributed by atoms with E-state index in [2.05, 4.69) is 5.10 Å². The quantitative estimate of drug-likeness (QED) is 0.828. The molecule has 0 unspecified atom stereocenters. The lowest BCUT2D eigenvalue weighted by Gasteiger charge is -2.00. The number of hydrogen-bond donors (Lipinski definition) is 1. The highest BCUT2D eigenvalue weighted by Gasteiger charge is 2.07. The first-order chi connectivity index (χ1) is 6.66. The van der Waals surface area contributed by atoms with Crippen LogP contribution in [0.15, 0.2) is 22.7 Å². The average molecular weight is 212 g/mol. The van der Waals surface area contributed by atoms with Gasteiger partial charge in [0.05, 0.1) is 6.20 Å². The normalized spacial score (nSPS) is 10.7. The molecule has 0 aliphatic rings. The molecule has 2 heterocycles. The molecule has 0 saturated heterocycles. The van der Waals surface area contributed by atoms with Crippen molar-refractivity contribution in [2.45, 2.75) is 13.5 Å². The SMILES string of the molecule is Cc1ccc(Cn2ncc(Cl)c2N)o1. The van der Waals surface area contributed by atoms with Gasteiger partial charge >= 0.3 is 0 Å². The van der Waals surface area contributed by atoms with Crippen LogP contribution in [0.1, 0.15) is 11.5 Å². The Bertz CT molecular complexity index is 447. The van der Waals surface area contributed by atoms with Gasteiger partial charge in [-0.15, -0.1) is 0 Å². The van der Waals surface area contributed by atoms with Gasteiger partial charge in [-0.05, 0) is 19.1 Å². The molecule has 2 N–H and O–H groups in total. The topological polar surface area (TPSA) is 57.0 Å². The summed E-state index contributed by atoms with van der Waals surface area (Å²) >= 11 is 5.76. The van der Waals surface area contributed by atoms with Gasteiger partial charge in [-0.1, -0.05) is 11.6 Å². The van der Waals surface area contributed by atoms with Gasteiger partial charge in [0, 0.05) is 0 Å². The Morgan fingerprint density at radius 1 is 1.57 bits per heavy atom. The molecule has 0 aliphatic heterocycles. The van der Waals surface area contributed by atoms with Crippen molar-refractivity contribution in [2.24, 2.45) is 0 Å².